The zero-order chi connectivity index (χ0) is 14.4. The fraction of sp³-hybridized carbons (Fsp3) is 0.545. The minimum absolute atomic E-state index is 0.108. The maximum atomic E-state index is 11.6. The Kier molecular flexibility index (Phi) is 3.05. The lowest BCUT2D eigenvalue weighted by Gasteiger charge is -2.39. The van der Waals surface area contributed by atoms with Gasteiger partial charge in [0.15, 0.2) is 17.4 Å². The number of aromatic amines is 1. The molecule has 1 aliphatic heterocycles. The van der Waals surface area contributed by atoms with Crippen LogP contribution in [0.25, 0.3) is 11.2 Å². The first-order chi connectivity index (χ1) is 9.50. The summed E-state index contributed by atoms with van der Waals surface area (Å²) in [6.07, 6.45) is -3.05. The molecule has 0 unspecified atom stereocenters. The molecule has 9 heteroatoms. The summed E-state index contributed by atoms with van der Waals surface area (Å²) in [6.45, 7) is 1.58. The summed E-state index contributed by atoms with van der Waals surface area (Å²) in [5.41, 5.74) is -0.0714. The molecule has 0 bridgehead atoms. The first kappa shape index (κ1) is 13.2. The number of imidazole rings is 1. The Bertz CT molecular complexity index is 683. The van der Waals surface area contributed by atoms with Crippen molar-refractivity contribution in [2.24, 2.45) is 0 Å². The molecule has 2 aromatic heterocycles. The molecular formula is C11H14N4O5. The van der Waals surface area contributed by atoms with Crippen molar-refractivity contribution >= 4 is 11.2 Å². The van der Waals surface area contributed by atoms with Crippen molar-refractivity contribution in [3.63, 3.8) is 0 Å². The zero-order valence-electron chi connectivity index (χ0n) is 10.5. The molecule has 0 saturated carbocycles. The molecule has 3 heterocycles. The van der Waals surface area contributed by atoms with E-state index in [1.807, 2.05) is 0 Å². The summed E-state index contributed by atoms with van der Waals surface area (Å²) in [7, 11) is 0. The number of ether oxygens (including phenoxy) is 1. The third-order valence-corrected chi connectivity index (χ3v) is 3.47. The van der Waals surface area contributed by atoms with E-state index in [0.29, 0.717) is 0 Å². The molecule has 1 fully saturated rings. The summed E-state index contributed by atoms with van der Waals surface area (Å²) in [5, 5.41) is 29.5. The van der Waals surface area contributed by atoms with Gasteiger partial charge >= 0.3 is 0 Å². The van der Waals surface area contributed by atoms with Gasteiger partial charge in [0.1, 0.15) is 18.3 Å². The largest absolute Gasteiger partial charge is 0.388 e. The van der Waals surface area contributed by atoms with Gasteiger partial charge in [0, 0.05) is 0 Å². The number of hydrogen-bond acceptors (Lipinski definition) is 7. The van der Waals surface area contributed by atoms with Gasteiger partial charge in [0.2, 0.25) is 0 Å². The summed E-state index contributed by atoms with van der Waals surface area (Å²) >= 11 is 0. The minimum Gasteiger partial charge on any atom is -0.388 e. The van der Waals surface area contributed by atoms with E-state index in [2.05, 4.69) is 15.0 Å². The average Bonchev–Trinajstić information content (AvgIpc) is 2.86. The van der Waals surface area contributed by atoms with Crippen LogP contribution in [-0.2, 0) is 4.74 Å². The first-order valence-electron chi connectivity index (χ1n) is 6.10. The van der Waals surface area contributed by atoms with Crippen LogP contribution in [0.2, 0.25) is 0 Å². The molecule has 108 valence electrons. The monoisotopic (exact) mass is 282 g/mol. The fourth-order valence-corrected chi connectivity index (χ4v) is 2.31. The molecule has 9 nitrogen and oxygen atoms in total. The van der Waals surface area contributed by atoms with E-state index < -0.39 is 36.2 Å². The summed E-state index contributed by atoms with van der Waals surface area (Å²) in [6, 6.07) is 0. The molecule has 0 spiro atoms. The van der Waals surface area contributed by atoms with E-state index in [1.165, 1.54) is 17.2 Å². The van der Waals surface area contributed by atoms with Gasteiger partial charge < -0.3 is 25.0 Å². The number of fused-ring (bicyclic) bond motifs is 1. The topological polar surface area (TPSA) is 133 Å². The van der Waals surface area contributed by atoms with Gasteiger partial charge in [-0.05, 0) is 6.92 Å². The first-order valence-corrected chi connectivity index (χ1v) is 6.10. The van der Waals surface area contributed by atoms with E-state index in [4.69, 9.17) is 4.74 Å². The molecule has 20 heavy (non-hydrogen) atoms. The summed E-state index contributed by atoms with van der Waals surface area (Å²) in [5.74, 6) is 0. The highest BCUT2D eigenvalue weighted by Crippen LogP contribution is 2.29. The quantitative estimate of drug-likeness (QED) is 0.481. The molecule has 0 radical (unpaired) electrons. The molecule has 0 aliphatic carbocycles. The Balaban J connectivity index is 2.07. The minimum atomic E-state index is -1.36. The van der Waals surface area contributed by atoms with Crippen LogP contribution in [0.3, 0.4) is 0 Å². The van der Waals surface area contributed by atoms with Crippen molar-refractivity contribution in [3.8, 4) is 0 Å². The Morgan fingerprint density at radius 2 is 2.00 bits per heavy atom. The lowest BCUT2D eigenvalue weighted by atomic mass is 9.99. The average molecular weight is 282 g/mol. The van der Waals surface area contributed by atoms with Crippen LogP contribution in [0.15, 0.2) is 17.4 Å². The Morgan fingerprint density at radius 1 is 1.25 bits per heavy atom. The van der Waals surface area contributed by atoms with E-state index in [9.17, 15) is 20.1 Å². The third-order valence-electron chi connectivity index (χ3n) is 3.47. The Labute approximate surface area is 112 Å². The van der Waals surface area contributed by atoms with Gasteiger partial charge in [-0.1, -0.05) is 0 Å². The lowest BCUT2D eigenvalue weighted by molar-refractivity contribution is -0.239. The van der Waals surface area contributed by atoms with Gasteiger partial charge in [0.25, 0.3) is 5.56 Å². The van der Waals surface area contributed by atoms with Crippen molar-refractivity contribution in [2.45, 2.75) is 37.6 Å². The van der Waals surface area contributed by atoms with Gasteiger partial charge in [0.05, 0.1) is 18.8 Å². The summed E-state index contributed by atoms with van der Waals surface area (Å²) in [4.78, 5) is 21.9. The highest BCUT2D eigenvalue weighted by molar-refractivity contribution is 5.68. The Hall–Kier alpha value is -1.81. The molecule has 1 aliphatic rings. The number of rotatable bonds is 1. The number of aliphatic hydroxyl groups excluding tert-OH is 3. The SMILES string of the molecule is C[C@H]1O[C@@H](n2cnc3c(=O)[nH]cnc32)[C@@H](O)[C@@H](O)[C@@H]1O. The van der Waals surface area contributed by atoms with Crippen molar-refractivity contribution < 1.29 is 20.1 Å². The van der Waals surface area contributed by atoms with E-state index in [0.717, 1.165) is 0 Å². The Morgan fingerprint density at radius 3 is 2.75 bits per heavy atom. The second-order valence-corrected chi connectivity index (χ2v) is 4.76. The van der Waals surface area contributed by atoms with Crippen LogP contribution in [0, 0.1) is 0 Å². The van der Waals surface area contributed by atoms with Gasteiger partial charge in [-0.3, -0.25) is 9.36 Å². The highest BCUT2D eigenvalue weighted by Gasteiger charge is 2.43. The highest BCUT2D eigenvalue weighted by atomic mass is 16.5. The van der Waals surface area contributed by atoms with Crippen molar-refractivity contribution in [1.29, 1.82) is 0 Å². The van der Waals surface area contributed by atoms with Crippen LogP contribution >= 0.6 is 0 Å². The molecule has 2 aromatic rings. The number of aromatic nitrogens is 4. The zero-order valence-corrected chi connectivity index (χ0v) is 10.5. The number of aliphatic hydroxyl groups is 3. The van der Waals surface area contributed by atoms with Crippen molar-refractivity contribution in [3.05, 3.63) is 23.0 Å². The molecule has 5 atom stereocenters. The van der Waals surface area contributed by atoms with E-state index in [-0.39, 0.29) is 11.2 Å². The van der Waals surface area contributed by atoms with Crippen LogP contribution in [-0.4, -0.2) is 59.3 Å². The molecular weight excluding hydrogens is 268 g/mol. The predicted octanol–water partition coefficient (Wildman–Crippen LogP) is -1.88. The number of nitrogens with zero attached hydrogens (tertiary/aromatic N) is 3. The predicted molar refractivity (Wildman–Crippen MR) is 65.8 cm³/mol. The van der Waals surface area contributed by atoms with Crippen molar-refractivity contribution in [2.75, 3.05) is 0 Å². The molecule has 0 aromatic carbocycles. The van der Waals surface area contributed by atoms with E-state index in [1.54, 1.807) is 6.92 Å². The van der Waals surface area contributed by atoms with E-state index >= 15 is 0 Å². The van der Waals surface area contributed by atoms with Gasteiger partial charge in [-0.25, -0.2) is 9.97 Å². The number of H-pyrrole nitrogens is 1. The normalized spacial score (nSPS) is 34.5. The number of nitrogens with one attached hydrogen (secondary N) is 1. The summed E-state index contributed by atoms with van der Waals surface area (Å²) < 4.78 is 6.85. The second-order valence-electron chi connectivity index (χ2n) is 4.76. The molecule has 0 amide bonds. The van der Waals surface area contributed by atoms with Gasteiger partial charge in [-0.2, -0.15) is 0 Å². The van der Waals surface area contributed by atoms with Crippen LogP contribution in [0.1, 0.15) is 13.2 Å². The maximum Gasteiger partial charge on any atom is 0.278 e. The lowest BCUT2D eigenvalue weighted by Crippen LogP contribution is -2.54. The third kappa shape index (κ3) is 1.83. The fourth-order valence-electron chi connectivity index (χ4n) is 2.31. The molecule has 4 N–H and O–H groups in total. The van der Waals surface area contributed by atoms with Gasteiger partial charge in [-0.15, -0.1) is 0 Å². The smallest absolute Gasteiger partial charge is 0.278 e. The standard InChI is InChI=1S/C11H14N4O5/c1-4-6(16)7(17)8(18)11(20-4)15-3-14-5-9(15)12-2-13-10(5)19/h2-4,6-8,11,16-18H,1H3,(H,12,13,19)/t4-,6-,7+,8+,11-/m1/s1. The molecule has 3 rings (SSSR count). The van der Waals surface area contributed by atoms with Crippen LogP contribution < -0.4 is 5.56 Å². The second kappa shape index (κ2) is 4.63. The van der Waals surface area contributed by atoms with Crippen LogP contribution in [0.4, 0.5) is 0 Å². The number of hydrogen-bond donors (Lipinski definition) is 4. The molecule has 1 saturated heterocycles. The van der Waals surface area contributed by atoms with Crippen LogP contribution in [0.5, 0.6) is 0 Å². The maximum absolute atomic E-state index is 11.6. The van der Waals surface area contributed by atoms with Crippen molar-refractivity contribution in [1.82, 2.24) is 19.5 Å².